The molecule has 0 aliphatic carbocycles. The number of aromatic hydroxyl groups is 1. The van der Waals surface area contributed by atoms with Gasteiger partial charge in [-0.2, -0.15) is 0 Å². The van der Waals surface area contributed by atoms with Gasteiger partial charge in [0.25, 0.3) is 5.91 Å². The molecule has 14 heteroatoms. The third-order valence-corrected chi connectivity index (χ3v) is 6.68. The first-order valence-electron chi connectivity index (χ1n) is 11.3. The third-order valence-electron chi connectivity index (χ3n) is 5.96. The van der Waals surface area contributed by atoms with Crippen LogP contribution in [0.4, 0.5) is 0 Å². The number of aliphatic imine (C=N–C) groups is 1. The molecule has 2 atom stereocenters. The van der Waals surface area contributed by atoms with Crippen LogP contribution in [0.2, 0.25) is 10.0 Å². The minimum atomic E-state index is -1.44. The third kappa shape index (κ3) is 7.22. The molecule has 2 aromatic carbocycles. The van der Waals surface area contributed by atoms with E-state index in [0.29, 0.717) is 38.0 Å². The van der Waals surface area contributed by atoms with Crippen molar-refractivity contribution >= 4 is 41.0 Å². The zero-order valence-electron chi connectivity index (χ0n) is 19.6. The second-order valence-corrected chi connectivity index (χ2v) is 9.21. The van der Waals surface area contributed by atoms with Crippen LogP contribution in [-0.4, -0.2) is 68.9 Å². The summed E-state index contributed by atoms with van der Waals surface area (Å²) in [5, 5.41) is 40.9. The molecule has 1 heterocycles. The standard InChI is InChI=1S/C23H28Cl2N6O6/c24-16-9-13-11-31(7-5-18(33)12-2-1-3-14(32)8-12)6-4-15(13)20(25)19(16)21(34)28-17(22(35)36)10-27-23(29-26)30-37/h1-3,8-9,17-18,32-33,37H,4-7,10-11,26H2,(H,28,34)(H,35,36)(H2,27,29,30)/t17-,18?/m0/s1. The van der Waals surface area contributed by atoms with Crippen molar-refractivity contribution in [1.29, 1.82) is 0 Å². The number of hydroxylamine groups is 1. The maximum atomic E-state index is 12.9. The second kappa shape index (κ2) is 12.9. The summed E-state index contributed by atoms with van der Waals surface area (Å²) in [5.41, 5.74) is 5.84. The largest absolute Gasteiger partial charge is 0.508 e. The van der Waals surface area contributed by atoms with Gasteiger partial charge in [0.15, 0.2) is 0 Å². The number of aliphatic hydroxyl groups excluding tert-OH is 1. The monoisotopic (exact) mass is 554 g/mol. The Morgan fingerprint density at radius 1 is 1.24 bits per heavy atom. The van der Waals surface area contributed by atoms with Crippen LogP contribution in [0.3, 0.4) is 0 Å². The average Bonchev–Trinajstić information content (AvgIpc) is 2.86. The van der Waals surface area contributed by atoms with Gasteiger partial charge >= 0.3 is 5.97 Å². The van der Waals surface area contributed by atoms with Crippen LogP contribution in [0.15, 0.2) is 35.3 Å². The molecule has 1 unspecified atom stereocenters. The minimum Gasteiger partial charge on any atom is -0.508 e. The first-order valence-corrected chi connectivity index (χ1v) is 12.0. The fourth-order valence-electron chi connectivity index (χ4n) is 4.02. The number of guanidine groups is 1. The van der Waals surface area contributed by atoms with Gasteiger partial charge < -0.3 is 20.6 Å². The van der Waals surface area contributed by atoms with Gasteiger partial charge in [-0.3, -0.25) is 20.3 Å². The van der Waals surface area contributed by atoms with Crippen molar-refractivity contribution in [1.82, 2.24) is 21.1 Å². The number of hydrogen-bond acceptors (Lipinski definition) is 8. The van der Waals surface area contributed by atoms with E-state index in [4.69, 9.17) is 34.3 Å². The number of hydrazine groups is 1. The highest BCUT2D eigenvalue weighted by Crippen LogP contribution is 2.35. The lowest BCUT2D eigenvalue weighted by molar-refractivity contribution is -0.138. The van der Waals surface area contributed by atoms with Gasteiger partial charge in [-0.05, 0) is 47.7 Å². The van der Waals surface area contributed by atoms with Crippen molar-refractivity contribution in [3.05, 3.63) is 62.6 Å². The highest BCUT2D eigenvalue weighted by molar-refractivity contribution is 6.40. The van der Waals surface area contributed by atoms with E-state index in [1.54, 1.807) is 29.7 Å². The van der Waals surface area contributed by atoms with E-state index >= 15 is 0 Å². The number of aliphatic carboxylic acids is 1. The summed E-state index contributed by atoms with van der Waals surface area (Å²) >= 11 is 13.0. The zero-order valence-corrected chi connectivity index (χ0v) is 21.1. The van der Waals surface area contributed by atoms with E-state index in [0.717, 1.165) is 11.1 Å². The number of carbonyl (C=O) groups excluding carboxylic acids is 1. The molecule has 0 saturated heterocycles. The number of fused-ring (bicyclic) bond motifs is 1. The van der Waals surface area contributed by atoms with Crippen LogP contribution in [-0.2, 0) is 17.8 Å². The van der Waals surface area contributed by atoms with Crippen LogP contribution in [0, 0.1) is 0 Å². The minimum absolute atomic E-state index is 0.0393. The maximum absolute atomic E-state index is 12.9. The molecule has 0 aromatic heterocycles. The molecule has 0 radical (unpaired) electrons. The number of nitrogens with one attached hydrogen (secondary N) is 3. The molecule has 1 aliphatic rings. The molecule has 0 bridgehead atoms. The molecule has 0 saturated carbocycles. The van der Waals surface area contributed by atoms with Crippen LogP contribution >= 0.6 is 23.2 Å². The van der Waals surface area contributed by atoms with Crippen LogP contribution < -0.4 is 22.1 Å². The summed E-state index contributed by atoms with van der Waals surface area (Å²) < 4.78 is 0. The number of benzene rings is 2. The SMILES string of the molecule is NNC(=NC[C@H](NC(=O)c1c(Cl)cc2c(c1Cl)CCN(CCC(O)c1cccc(O)c1)C2)C(=O)O)NO. The lowest BCUT2D eigenvalue weighted by atomic mass is 9.96. The molecule has 0 spiro atoms. The summed E-state index contributed by atoms with van der Waals surface area (Å²) in [6.07, 6.45) is 0.240. The van der Waals surface area contributed by atoms with E-state index in [9.17, 15) is 24.9 Å². The highest BCUT2D eigenvalue weighted by atomic mass is 35.5. The van der Waals surface area contributed by atoms with Gasteiger partial charge in [0.2, 0.25) is 5.96 Å². The van der Waals surface area contributed by atoms with Gasteiger partial charge in [0.1, 0.15) is 11.8 Å². The van der Waals surface area contributed by atoms with E-state index < -0.39 is 30.6 Å². The second-order valence-electron chi connectivity index (χ2n) is 8.42. The predicted octanol–water partition coefficient (Wildman–Crippen LogP) is 1.16. The van der Waals surface area contributed by atoms with Gasteiger partial charge in [-0.25, -0.2) is 21.1 Å². The zero-order chi connectivity index (χ0) is 27.1. The van der Waals surface area contributed by atoms with E-state index in [2.05, 4.69) is 15.2 Å². The average molecular weight is 555 g/mol. The molecular weight excluding hydrogens is 527 g/mol. The predicted molar refractivity (Wildman–Crippen MR) is 137 cm³/mol. The number of rotatable bonds is 9. The lowest BCUT2D eigenvalue weighted by Gasteiger charge is -2.31. The van der Waals surface area contributed by atoms with Crippen LogP contribution in [0.1, 0.15) is 39.6 Å². The van der Waals surface area contributed by atoms with Crippen molar-refractivity contribution in [2.24, 2.45) is 10.8 Å². The number of nitrogens with two attached hydrogens (primary N) is 1. The Kier molecular flexibility index (Phi) is 9.92. The van der Waals surface area contributed by atoms with Crippen LogP contribution in [0.5, 0.6) is 5.75 Å². The van der Waals surface area contributed by atoms with Gasteiger partial charge in [-0.15, -0.1) is 0 Å². The number of nitrogens with zero attached hydrogens (tertiary/aromatic N) is 2. The number of amides is 1. The van der Waals surface area contributed by atoms with E-state index in [1.807, 2.05) is 5.43 Å². The number of halogens is 2. The quantitative estimate of drug-likeness (QED) is 0.0964. The molecule has 1 amide bonds. The van der Waals surface area contributed by atoms with Crippen molar-refractivity contribution < 1.29 is 30.1 Å². The number of carboxylic acid groups (broad SMARTS) is 1. The highest BCUT2D eigenvalue weighted by Gasteiger charge is 2.28. The summed E-state index contributed by atoms with van der Waals surface area (Å²) in [7, 11) is 0. The van der Waals surface area contributed by atoms with Crippen molar-refractivity contribution in [2.75, 3.05) is 19.6 Å². The molecule has 200 valence electrons. The van der Waals surface area contributed by atoms with Crippen molar-refractivity contribution in [3.8, 4) is 5.75 Å². The Bertz CT molecular complexity index is 1170. The molecule has 12 nitrogen and oxygen atoms in total. The molecule has 0 fully saturated rings. The Labute approximate surface area is 222 Å². The summed E-state index contributed by atoms with van der Waals surface area (Å²) in [5.74, 6) is 2.78. The first kappa shape index (κ1) is 28.4. The van der Waals surface area contributed by atoms with Gasteiger partial charge in [0.05, 0.1) is 28.3 Å². The molecule has 37 heavy (non-hydrogen) atoms. The number of aliphatic hydroxyl groups is 1. The smallest absolute Gasteiger partial charge is 0.328 e. The normalized spacial score (nSPS) is 15.4. The Morgan fingerprint density at radius 3 is 2.65 bits per heavy atom. The summed E-state index contributed by atoms with van der Waals surface area (Å²) in [4.78, 5) is 30.4. The number of phenols is 1. The summed E-state index contributed by atoms with van der Waals surface area (Å²) in [6.45, 7) is 1.27. The summed E-state index contributed by atoms with van der Waals surface area (Å²) in [6, 6.07) is 6.69. The fraction of sp³-hybridized carbons (Fsp3) is 0.348. The fourth-order valence-corrected chi connectivity index (χ4v) is 4.79. The molecule has 1 aliphatic heterocycles. The van der Waals surface area contributed by atoms with Gasteiger partial charge in [-0.1, -0.05) is 35.3 Å². The number of carboxylic acids is 1. The molecular formula is C23H28Cl2N6O6. The Balaban J connectivity index is 1.69. The topological polar surface area (TPSA) is 193 Å². The molecule has 3 rings (SSSR count). The molecule has 2 aromatic rings. The Hall–Kier alpha value is -3.13. The first-order chi connectivity index (χ1) is 17.6. The number of hydrogen-bond donors (Lipinski definition) is 8. The maximum Gasteiger partial charge on any atom is 0.328 e. The lowest BCUT2D eigenvalue weighted by Crippen LogP contribution is -2.45. The Morgan fingerprint density at radius 2 is 2.00 bits per heavy atom. The van der Waals surface area contributed by atoms with Gasteiger partial charge in [0, 0.05) is 19.6 Å². The number of carbonyl (C=O) groups is 2. The molecule has 9 N–H and O–H groups in total. The van der Waals surface area contributed by atoms with E-state index in [1.165, 1.54) is 6.07 Å². The van der Waals surface area contributed by atoms with E-state index in [-0.39, 0.29) is 27.3 Å². The van der Waals surface area contributed by atoms with Crippen molar-refractivity contribution in [3.63, 3.8) is 0 Å². The van der Waals surface area contributed by atoms with Crippen molar-refractivity contribution in [2.45, 2.75) is 31.5 Å². The number of phenolic OH excluding ortho intramolecular Hbond substituents is 1. The van der Waals surface area contributed by atoms with Crippen LogP contribution in [0.25, 0.3) is 0 Å².